The van der Waals surface area contributed by atoms with Crippen LogP contribution in [-0.2, 0) is 22.5 Å². The highest BCUT2D eigenvalue weighted by atomic mass is 79.9. The summed E-state index contributed by atoms with van der Waals surface area (Å²) in [4.78, 5) is 11.6. The molecule has 0 spiro atoms. The average Bonchev–Trinajstić information content (AvgIpc) is 2.42. The van der Waals surface area contributed by atoms with Gasteiger partial charge >= 0.3 is 5.97 Å². The van der Waals surface area contributed by atoms with Gasteiger partial charge in [-0.2, -0.15) is 4.57 Å². The van der Waals surface area contributed by atoms with Crippen LogP contribution in [0.1, 0.15) is 18.2 Å². The molecule has 0 aliphatic rings. The highest BCUT2D eigenvalue weighted by molar-refractivity contribution is 5.71. The van der Waals surface area contributed by atoms with Crippen molar-refractivity contribution in [2.24, 2.45) is 0 Å². The summed E-state index contributed by atoms with van der Waals surface area (Å²) >= 11 is 0. The van der Waals surface area contributed by atoms with Crippen LogP contribution in [0.2, 0.25) is 0 Å². The molecule has 0 saturated carbocycles. The quantitative estimate of drug-likeness (QED) is 0.525. The number of hydrogen-bond donors (Lipinski definition) is 0. The Balaban J connectivity index is 0.00000200. The number of aromatic nitrogens is 1. The fourth-order valence-electron chi connectivity index (χ4n) is 1.97. The van der Waals surface area contributed by atoms with Gasteiger partial charge in [-0.15, -0.1) is 0 Å². The second kappa shape index (κ2) is 8.48. The molecule has 0 N–H and O–H groups in total. The molecule has 3 nitrogen and oxygen atoms in total. The summed E-state index contributed by atoms with van der Waals surface area (Å²) in [6.07, 6.45) is 2.29. The SMILES string of the molecule is CCOC(=O)Cc1cccc[n+]1Cc1ccccc1.[Br-]. The third-order valence-electron chi connectivity index (χ3n) is 2.86. The summed E-state index contributed by atoms with van der Waals surface area (Å²) in [5.74, 6) is -0.185. The van der Waals surface area contributed by atoms with Gasteiger partial charge in [-0.05, 0) is 6.92 Å². The topological polar surface area (TPSA) is 30.2 Å². The molecule has 0 saturated heterocycles. The largest absolute Gasteiger partial charge is 1.00 e. The number of nitrogens with zero attached hydrogens (tertiary/aromatic N) is 1. The lowest BCUT2D eigenvalue weighted by atomic mass is 10.2. The highest BCUT2D eigenvalue weighted by Gasteiger charge is 2.15. The van der Waals surface area contributed by atoms with Crippen LogP contribution in [0.25, 0.3) is 0 Å². The Morgan fingerprint density at radius 1 is 1.10 bits per heavy atom. The molecule has 20 heavy (non-hydrogen) atoms. The molecule has 1 aromatic heterocycles. The Bertz CT molecular complexity index is 543. The predicted molar refractivity (Wildman–Crippen MR) is 72.5 cm³/mol. The first kappa shape index (κ1) is 16.4. The Morgan fingerprint density at radius 3 is 2.50 bits per heavy atom. The van der Waals surface area contributed by atoms with Crippen LogP contribution >= 0.6 is 0 Å². The van der Waals surface area contributed by atoms with E-state index in [0.717, 1.165) is 12.2 Å². The Kier molecular flexibility index (Phi) is 6.94. The summed E-state index contributed by atoms with van der Waals surface area (Å²) in [5, 5.41) is 0. The van der Waals surface area contributed by atoms with Crippen molar-refractivity contribution >= 4 is 5.97 Å². The van der Waals surface area contributed by atoms with E-state index in [1.54, 1.807) is 0 Å². The number of pyridine rings is 1. The number of rotatable bonds is 5. The minimum atomic E-state index is -0.185. The van der Waals surface area contributed by atoms with Crippen LogP contribution < -0.4 is 21.5 Å². The van der Waals surface area contributed by atoms with Crippen molar-refractivity contribution < 1.29 is 31.1 Å². The average molecular weight is 336 g/mol. The fourth-order valence-corrected chi connectivity index (χ4v) is 1.97. The standard InChI is InChI=1S/C16H18NO2.BrH/c1-2-19-16(18)12-15-10-6-7-11-17(15)13-14-8-4-3-5-9-14;/h3-11H,2,12-13H2,1H3;1H/q+1;/p-1. The first-order valence-corrected chi connectivity index (χ1v) is 6.46. The molecule has 1 heterocycles. The third-order valence-corrected chi connectivity index (χ3v) is 2.86. The van der Waals surface area contributed by atoms with E-state index >= 15 is 0 Å². The minimum absolute atomic E-state index is 0. The minimum Gasteiger partial charge on any atom is -1.00 e. The molecule has 0 fully saturated rings. The van der Waals surface area contributed by atoms with E-state index in [1.165, 1.54) is 5.56 Å². The maximum atomic E-state index is 11.6. The van der Waals surface area contributed by atoms with Crippen LogP contribution in [0, 0.1) is 0 Å². The van der Waals surface area contributed by atoms with Gasteiger partial charge in [-0.25, -0.2) is 0 Å². The van der Waals surface area contributed by atoms with Gasteiger partial charge in [0.15, 0.2) is 18.4 Å². The molecule has 0 bridgehead atoms. The fraction of sp³-hybridized carbons (Fsp3) is 0.250. The highest BCUT2D eigenvalue weighted by Crippen LogP contribution is 2.01. The molecule has 1 aromatic carbocycles. The van der Waals surface area contributed by atoms with Gasteiger partial charge in [0.2, 0.25) is 0 Å². The normalized spacial score (nSPS) is 9.65. The Labute approximate surface area is 130 Å². The van der Waals surface area contributed by atoms with E-state index in [9.17, 15) is 4.79 Å². The Hall–Kier alpha value is -1.68. The van der Waals surface area contributed by atoms with E-state index in [0.29, 0.717) is 13.0 Å². The van der Waals surface area contributed by atoms with Gasteiger partial charge in [0.05, 0.1) is 6.61 Å². The summed E-state index contributed by atoms with van der Waals surface area (Å²) in [5.41, 5.74) is 2.17. The van der Waals surface area contributed by atoms with Crippen LogP contribution in [-0.4, -0.2) is 12.6 Å². The van der Waals surface area contributed by atoms with E-state index in [4.69, 9.17) is 4.74 Å². The molecule has 0 radical (unpaired) electrons. The molecule has 0 atom stereocenters. The number of ether oxygens (including phenoxy) is 1. The van der Waals surface area contributed by atoms with Crippen molar-refractivity contribution in [3.05, 3.63) is 66.0 Å². The molecule has 2 rings (SSSR count). The molecule has 0 aliphatic carbocycles. The van der Waals surface area contributed by atoms with Crippen molar-refractivity contribution in [2.75, 3.05) is 6.61 Å². The smallest absolute Gasteiger partial charge is 0.316 e. The van der Waals surface area contributed by atoms with E-state index < -0.39 is 0 Å². The third kappa shape index (κ3) is 4.78. The van der Waals surface area contributed by atoms with Gasteiger partial charge in [0, 0.05) is 17.7 Å². The monoisotopic (exact) mass is 335 g/mol. The number of halogens is 1. The molecular formula is C16H18BrNO2. The van der Waals surface area contributed by atoms with E-state index in [-0.39, 0.29) is 23.0 Å². The second-order valence-electron chi connectivity index (χ2n) is 4.29. The summed E-state index contributed by atoms with van der Waals surface area (Å²) < 4.78 is 7.07. The summed E-state index contributed by atoms with van der Waals surface area (Å²) in [7, 11) is 0. The van der Waals surface area contributed by atoms with Crippen molar-refractivity contribution in [1.82, 2.24) is 0 Å². The van der Waals surface area contributed by atoms with Crippen molar-refractivity contribution in [2.45, 2.75) is 19.9 Å². The first-order valence-electron chi connectivity index (χ1n) is 6.46. The van der Waals surface area contributed by atoms with Gasteiger partial charge < -0.3 is 21.7 Å². The number of esters is 1. The van der Waals surface area contributed by atoms with Crippen molar-refractivity contribution in [1.29, 1.82) is 0 Å². The zero-order chi connectivity index (χ0) is 13.5. The molecule has 0 amide bonds. The summed E-state index contributed by atoms with van der Waals surface area (Å²) in [6, 6.07) is 16.1. The number of benzene rings is 1. The molecule has 4 heteroatoms. The van der Waals surface area contributed by atoms with Gasteiger partial charge in [0.25, 0.3) is 0 Å². The van der Waals surface area contributed by atoms with Gasteiger partial charge in [-0.1, -0.05) is 36.4 Å². The zero-order valence-electron chi connectivity index (χ0n) is 11.5. The van der Waals surface area contributed by atoms with Crippen LogP contribution in [0.4, 0.5) is 0 Å². The zero-order valence-corrected chi connectivity index (χ0v) is 13.0. The molecule has 0 aliphatic heterocycles. The van der Waals surface area contributed by atoms with Gasteiger partial charge in [0.1, 0.15) is 6.42 Å². The van der Waals surface area contributed by atoms with Crippen LogP contribution in [0.5, 0.6) is 0 Å². The van der Waals surface area contributed by atoms with Gasteiger partial charge in [-0.3, -0.25) is 4.79 Å². The van der Waals surface area contributed by atoms with Crippen molar-refractivity contribution in [3.8, 4) is 0 Å². The predicted octanol–water partition coefficient (Wildman–Crippen LogP) is -0.868. The number of carbonyl (C=O) groups excluding carboxylic acids is 1. The Morgan fingerprint density at radius 2 is 1.80 bits per heavy atom. The maximum Gasteiger partial charge on any atom is 0.316 e. The molecule has 2 aromatic rings. The van der Waals surface area contributed by atoms with E-state index in [1.807, 2.05) is 49.5 Å². The number of carbonyl (C=O) groups is 1. The molecular weight excluding hydrogens is 318 g/mol. The maximum absolute atomic E-state index is 11.6. The first-order chi connectivity index (χ1) is 9.29. The molecule has 106 valence electrons. The lowest BCUT2D eigenvalue weighted by Gasteiger charge is -2.04. The lowest BCUT2D eigenvalue weighted by Crippen LogP contribution is -3.00. The lowest BCUT2D eigenvalue weighted by molar-refractivity contribution is -0.695. The van der Waals surface area contributed by atoms with Crippen molar-refractivity contribution in [3.63, 3.8) is 0 Å². The second-order valence-corrected chi connectivity index (χ2v) is 4.29. The summed E-state index contributed by atoms with van der Waals surface area (Å²) in [6.45, 7) is 3.00. The molecule has 0 unspecified atom stereocenters. The number of hydrogen-bond acceptors (Lipinski definition) is 2. The van der Waals surface area contributed by atoms with E-state index in [2.05, 4.69) is 16.7 Å². The van der Waals surface area contributed by atoms with Crippen LogP contribution in [0.15, 0.2) is 54.7 Å². The van der Waals surface area contributed by atoms with Crippen LogP contribution in [0.3, 0.4) is 0 Å².